The van der Waals surface area contributed by atoms with Crippen molar-refractivity contribution in [1.82, 2.24) is 20.2 Å². The molecular formula is C16H13BrN4O2S. The molecule has 8 heteroatoms. The molecule has 3 rings (SSSR count). The molecule has 0 unspecified atom stereocenters. The maximum absolute atomic E-state index is 12.3. The number of methoxy groups -OCH3 is 1. The minimum Gasteiger partial charge on any atom is -0.494 e. The second-order valence-corrected chi connectivity index (χ2v) is 6.63. The van der Waals surface area contributed by atoms with Crippen molar-refractivity contribution < 1.29 is 9.53 Å². The summed E-state index contributed by atoms with van der Waals surface area (Å²) in [5.74, 6) is 0.909. The molecule has 3 aromatic rings. The van der Waals surface area contributed by atoms with Crippen LogP contribution < -0.4 is 4.74 Å². The Labute approximate surface area is 151 Å². The lowest BCUT2D eigenvalue weighted by atomic mass is 10.2. The maximum Gasteiger partial charge on any atom is 0.214 e. The fourth-order valence-electron chi connectivity index (χ4n) is 2.10. The number of halogens is 1. The lowest BCUT2D eigenvalue weighted by molar-refractivity contribution is 0.102. The van der Waals surface area contributed by atoms with E-state index in [1.165, 1.54) is 11.8 Å². The molecule has 0 bridgehead atoms. The van der Waals surface area contributed by atoms with Gasteiger partial charge in [0.15, 0.2) is 5.78 Å². The van der Waals surface area contributed by atoms with E-state index in [0.717, 1.165) is 10.2 Å². The fourth-order valence-corrected chi connectivity index (χ4v) is 3.28. The normalized spacial score (nSPS) is 10.6. The van der Waals surface area contributed by atoms with Gasteiger partial charge in [-0.15, -0.1) is 5.10 Å². The number of ether oxygens (including phenoxy) is 1. The molecular weight excluding hydrogens is 392 g/mol. The minimum absolute atomic E-state index is 0.0101. The zero-order valence-corrected chi connectivity index (χ0v) is 15.1. The molecule has 0 N–H and O–H groups in total. The van der Waals surface area contributed by atoms with Crippen molar-refractivity contribution in [2.24, 2.45) is 0 Å². The number of Topliss-reactive ketones (excluding diaryl/α,β-unsaturated/α-hetero) is 1. The highest BCUT2D eigenvalue weighted by Crippen LogP contribution is 2.26. The van der Waals surface area contributed by atoms with Crippen LogP contribution in [0.1, 0.15) is 10.4 Å². The van der Waals surface area contributed by atoms with Crippen LogP contribution in [0.15, 0.2) is 58.2 Å². The first-order chi connectivity index (χ1) is 11.7. The Morgan fingerprint density at radius 3 is 2.88 bits per heavy atom. The molecule has 0 fully saturated rings. The van der Waals surface area contributed by atoms with Crippen LogP contribution in [0, 0.1) is 0 Å². The third kappa shape index (κ3) is 3.65. The molecule has 24 heavy (non-hydrogen) atoms. The van der Waals surface area contributed by atoms with Crippen molar-refractivity contribution in [3.05, 3.63) is 58.6 Å². The number of hydrogen-bond acceptors (Lipinski definition) is 6. The van der Waals surface area contributed by atoms with Gasteiger partial charge in [-0.3, -0.25) is 4.79 Å². The summed E-state index contributed by atoms with van der Waals surface area (Å²) >= 11 is 4.65. The Bertz CT molecular complexity index is 869. The summed E-state index contributed by atoms with van der Waals surface area (Å²) in [6.45, 7) is 0. The van der Waals surface area contributed by atoms with Crippen molar-refractivity contribution in [1.29, 1.82) is 0 Å². The first kappa shape index (κ1) is 16.7. The number of aromatic nitrogens is 4. The van der Waals surface area contributed by atoms with Crippen LogP contribution >= 0.6 is 27.7 Å². The zero-order chi connectivity index (χ0) is 16.9. The van der Waals surface area contributed by atoms with Gasteiger partial charge in [-0.1, -0.05) is 52.0 Å². The maximum atomic E-state index is 12.3. The van der Waals surface area contributed by atoms with E-state index in [9.17, 15) is 4.79 Å². The highest BCUT2D eigenvalue weighted by Gasteiger charge is 2.15. The van der Waals surface area contributed by atoms with Gasteiger partial charge in [0.1, 0.15) is 11.4 Å². The Morgan fingerprint density at radius 1 is 1.25 bits per heavy atom. The van der Waals surface area contributed by atoms with Crippen LogP contribution in [-0.4, -0.2) is 38.9 Å². The Kier molecular flexibility index (Phi) is 5.27. The second kappa shape index (κ2) is 7.59. The molecule has 1 heterocycles. The molecule has 0 spiro atoms. The SMILES string of the molecule is COc1ccccc1-n1nnnc1SCC(=O)c1cccc(Br)c1. The van der Waals surface area contributed by atoms with Crippen molar-refractivity contribution >= 4 is 33.5 Å². The van der Waals surface area contributed by atoms with E-state index >= 15 is 0 Å². The van der Waals surface area contributed by atoms with Crippen molar-refractivity contribution in [3.8, 4) is 11.4 Å². The van der Waals surface area contributed by atoms with Gasteiger partial charge >= 0.3 is 0 Å². The summed E-state index contributed by atoms with van der Waals surface area (Å²) < 4.78 is 7.77. The summed E-state index contributed by atoms with van der Waals surface area (Å²) in [7, 11) is 1.59. The van der Waals surface area contributed by atoms with Crippen molar-refractivity contribution in [3.63, 3.8) is 0 Å². The largest absolute Gasteiger partial charge is 0.494 e. The molecule has 0 aliphatic rings. The summed E-state index contributed by atoms with van der Waals surface area (Å²) in [5, 5.41) is 12.2. The van der Waals surface area contributed by atoms with Crippen LogP contribution in [0.4, 0.5) is 0 Å². The number of ketones is 1. The average molecular weight is 405 g/mol. The van der Waals surface area contributed by atoms with E-state index in [2.05, 4.69) is 31.5 Å². The number of carbonyl (C=O) groups excluding carboxylic acids is 1. The quantitative estimate of drug-likeness (QED) is 0.463. The van der Waals surface area contributed by atoms with E-state index < -0.39 is 0 Å². The van der Waals surface area contributed by atoms with Crippen LogP contribution in [0.5, 0.6) is 5.75 Å². The molecule has 6 nitrogen and oxygen atoms in total. The van der Waals surface area contributed by atoms with Crippen molar-refractivity contribution in [2.75, 3.05) is 12.9 Å². The molecule has 0 aliphatic carbocycles. The molecule has 0 saturated carbocycles. The van der Waals surface area contributed by atoms with E-state index in [0.29, 0.717) is 16.5 Å². The molecule has 1 aromatic heterocycles. The van der Waals surface area contributed by atoms with E-state index in [-0.39, 0.29) is 11.5 Å². The number of carbonyl (C=O) groups is 1. The number of rotatable bonds is 6. The molecule has 122 valence electrons. The highest BCUT2D eigenvalue weighted by atomic mass is 79.9. The number of nitrogens with zero attached hydrogens (tertiary/aromatic N) is 4. The van der Waals surface area contributed by atoms with Gasteiger partial charge in [-0.25, -0.2) is 0 Å². The molecule has 2 aromatic carbocycles. The Morgan fingerprint density at radius 2 is 2.08 bits per heavy atom. The van der Waals surface area contributed by atoms with E-state index in [1.54, 1.807) is 23.9 Å². The fraction of sp³-hybridized carbons (Fsp3) is 0.125. The van der Waals surface area contributed by atoms with Crippen LogP contribution in [-0.2, 0) is 0 Å². The number of thioether (sulfide) groups is 1. The van der Waals surface area contributed by atoms with Gasteiger partial charge in [0, 0.05) is 10.0 Å². The number of para-hydroxylation sites is 2. The first-order valence-electron chi connectivity index (χ1n) is 7.02. The van der Waals surface area contributed by atoms with Gasteiger partial charge in [0.2, 0.25) is 5.16 Å². The van der Waals surface area contributed by atoms with Gasteiger partial charge in [0.05, 0.1) is 12.9 Å². The van der Waals surface area contributed by atoms with E-state index in [1.807, 2.05) is 36.4 Å². The van der Waals surface area contributed by atoms with Crippen LogP contribution in [0.2, 0.25) is 0 Å². The molecule has 0 amide bonds. The van der Waals surface area contributed by atoms with Gasteiger partial charge < -0.3 is 4.74 Å². The zero-order valence-electron chi connectivity index (χ0n) is 12.7. The van der Waals surface area contributed by atoms with E-state index in [4.69, 9.17) is 4.74 Å². The summed E-state index contributed by atoms with van der Waals surface area (Å²) in [5.41, 5.74) is 1.37. The molecule has 0 atom stereocenters. The number of tetrazole rings is 1. The lowest BCUT2D eigenvalue weighted by Gasteiger charge is -2.08. The number of benzene rings is 2. The van der Waals surface area contributed by atoms with Gasteiger partial charge in [-0.05, 0) is 34.7 Å². The van der Waals surface area contributed by atoms with Crippen molar-refractivity contribution in [2.45, 2.75) is 5.16 Å². The topological polar surface area (TPSA) is 69.9 Å². The highest BCUT2D eigenvalue weighted by molar-refractivity contribution is 9.10. The minimum atomic E-state index is 0.0101. The third-order valence-electron chi connectivity index (χ3n) is 3.23. The summed E-state index contributed by atoms with van der Waals surface area (Å²) in [4.78, 5) is 12.3. The molecule has 0 radical (unpaired) electrons. The Balaban J connectivity index is 1.78. The molecule has 0 saturated heterocycles. The van der Waals surface area contributed by atoms with Crippen LogP contribution in [0.25, 0.3) is 5.69 Å². The average Bonchev–Trinajstić information content (AvgIpc) is 3.08. The number of hydrogen-bond donors (Lipinski definition) is 0. The molecule has 0 aliphatic heterocycles. The van der Waals surface area contributed by atoms with Gasteiger partial charge in [-0.2, -0.15) is 4.68 Å². The summed E-state index contributed by atoms with van der Waals surface area (Å²) in [6.07, 6.45) is 0. The smallest absolute Gasteiger partial charge is 0.214 e. The first-order valence-corrected chi connectivity index (χ1v) is 8.80. The standard InChI is InChI=1S/C16H13BrN4O2S/c1-23-15-8-3-2-7-13(15)21-16(18-19-20-21)24-10-14(22)11-5-4-6-12(17)9-11/h2-9H,10H2,1H3. The van der Waals surface area contributed by atoms with Gasteiger partial charge in [0.25, 0.3) is 0 Å². The predicted molar refractivity (Wildman–Crippen MR) is 94.9 cm³/mol. The predicted octanol–water partition coefficient (Wildman–Crippen LogP) is 3.41. The second-order valence-electron chi connectivity index (χ2n) is 4.77. The summed E-state index contributed by atoms with van der Waals surface area (Å²) in [6, 6.07) is 14.7. The van der Waals surface area contributed by atoms with Crippen LogP contribution in [0.3, 0.4) is 0 Å². The monoisotopic (exact) mass is 404 g/mol. The lowest BCUT2D eigenvalue weighted by Crippen LogP contribution is -2.05. The third-order valence-corrected chi connectivity index (χ3v) is 4.65. The Hall–Kier alpha value is -2.19.